The first-order valence-electron chi connectivity index (χ1n) is 5.77. The summed E-state index contributed by atoms with van der Waals surface area (Å²) in [7, 11) is 0. The van der Waals surface area contributed by atoms with E-state index >= 15 is 0 Å². The van der Waals surface area contributed by atoms with E-state index in [0.29, 0.717) is 6.42 Å². The molecule has 4 heteroatoms. The first-order valence-corrected chi connectivity index (χ1v) is 6.56. The van der Waals surface area contributed by atoms with Gasteiger partial charge in [0.15, 0.2) is 0 Å². The lowest BCUT2D eigenvalue weighted by Crippen LogP contribution is -2.23. The molecule has 0 aromatic heterocycles. The van der Waals surface area contributed by atoms with Gasteiger partial charge in [-0.25, -0.2) is 0 Å². The minimum absolute atomic E-state index is 0.0209. The maximum Gasteiger partial charge on any atom is 0.0640 e. The molecule has 0 aliphatic heterocycles. The van der Waals surface area contributed by atoms with E-state index in [1.807, 2.05) is 13.0 Å². The molecular formula is C13H18BrN3. The Morgan fingerprint density at radius 3 is 2.71 bits per heavy atom. The topological polar surface area (TPSA) is 53.0 Å². The number of hydrogen-bond acceptors (Lipinski definition) is 3. The van der Waals surface area contributed by atoms with Gasteiger partial charge in [0.2, 0.25) is 0 Å². The Hall–Kier alpha value is -1.05. The lowest BCUT2D eigenvalue weighted by Gasteiger charge is -2.23. The van der Waals surface area contributed by atoms with Gasteiger partial charge in [-0.1, -0.05) is 22.0 Å². The van der Waals surface area contributed by atoms with E-state index in [4.69, 9.17) is 11.0 Å². The van der Waals surface area contributed by atoms with Crippen molar-refractivity contribution < 1.29 is 0 Å². The first-order chi connectivity index (χ1) is 8.10. The molecule has 1 aromatic rings. The van der Waals surface area contributed by atoms with Gasteiger partial charge in [-0.15, -0.1) is 0 Å². The second-order valence-electron chi connectivity index (χ2n) is 3.98. The smallest absolute Gasteiger partial charge is 0.0640 e. The molecule has 0 aliphatic rings. The van der Waals surface area contributed by atoms with E-state index in [0.717, 1.165) is 28.8 Å². The minimum Gasteiger partial charge on any atom is -0.371 e. The normalized spacial score (nSPS) is 11.9. The Bertz CT molecular complexity index is 410. The van der Waals surface area contributed by atoms with Crippen molar-refractivity contribution in [2.24, 2.45) is 5.73 Å². The number of halogens is 1. The zero-order chi connectivity index (χ0) is 12.8. The molecule has 1 unspecified atom stereocenters. The Morgan fingerprint density at radius 2 is 2.24 bits per heavy atom. The number of hydrogen-bond donors (Lipinski definition) is 1. The average molecular weight is 296 g/mol. The van der Waals surface area contributed by atoms with Gasteiger partial charge in [-0.3, -0.25) is 0 Å². The number of benzene rings is 1. The average Bonchev–Trinajstić information content (AvgIpc) is 2.29. The Labute approximate surface area is 111 Å². The molecule has 0 bridgehead atoms. The van der Waals surface area contributed by atoms with Gasteiger partial charge >= 0.3 is 0 Å². The standard InChI is InChI=1S/C13H18BrN3/c1-3-17(8-4-7-15)11-5-6-12(10(2)16)13(14)9-11/h5-6,9-10H,3-4,8,16H2,1-2H3. The Kier molecular flexibility index (Phi) is 5.46. The minimum atomic E-state index is 0.0209. The zero-order valence-corrected chi connectivity index (χ0v) is 11.9. The number of nitriles is 1. The summed E-state index contributed by atoms with van der Waals surface area (Å²) in [6.45, 7) is 5.71. The van der Waals surface area contributed by atoms with Crippen LogP contribution in [0.1, 0.15) is 31.9 Å². The van der Waals surface area contributed by atoms with Crippen molar-refractivity contribution in [3.05, 3.63) is 28.2 Å². The number of rotatable bonds is 5. The van der Waals surface area contributed by atoms with Crippen LogP contribution in [0, 0.1) is 11.3 Å². The van der Waals surface area contributed by atoms with Crippen LogP contribution in [-0.2, 0) is 0 Å². The van der Waals surface area contributed by atoms with Gasteiger partial charge in [0.25, 0.3) is 0 Å². The second-order valence-corrected chi connectivity index (χ2v) is 4.84. The van der Waals surface area contributed by atoms with Crippen molar-refractivity contribution in [2.75, 3.05) is 18.0 Å². The Morgan fingerprint density at radius 1 is 1.53 bits per heavy atom. The van der Waals surface area contributed by atoms with E-state index in [-0.39, 0.29) is 6.04 Å². The predicted octanol–water partition coefficient (Wildman–Crippen LogP) is 3.21. The summed E-state index contributed by atoms with van der Waals surface area (Å²) >= 11 is 3.54. The van der Waals surface area contributed by atoms with E-state index in [9.17, 15) is 0 Å². The van der Waals surface area contributed by atoms with Crippen LogP contribution in [0.5, 0.6) is 0 Å². The lowest BCUT2D eigenvalue weighted by molar-refractivity contribution is 0.805. The van der Waals surface area contributed by atoms with Gasteiger partial charge in [-0.05, 0) is 31.5 Å². The highest BCUT2D eigenvalue weighted by Gasteiger charge is 2.09. The number of anilines is 1. The quantitative estimate of drug-likeness (QED) is 0.907. The molecule has 0 aliphatic carbocycles. The summed E-state index contributed by atoms with van der Waals surface area (Å²) in [6.07, 6.45) is 0.542. The summed E-state index contributed by atoms with van der Waals surface area (Å²) in [6, 6.07) is 8.36. The largest absolute Gasteiger partial charge is 0.371 e. The van der Waals surface area contributed by atoms with Crippen LogP contribution in [0.4, 0.5) is 5.69 Å². The third kappa shape index (κ3) is 3.72. The van der Waals surface area contributed by atoms with Crippen molar-refractivity contribution in [3.8, 4) is 6.07 Å². The van der Waals surface area contributed by atoms with Gasteiger partial charge in [0, 0.05) is 29.3 Å². The van der Waals surface area contributed by atoms with Crippen molar-refractivity contribution in [3.63, 3.8) is 0 Å². The van der Waals surface area contributed by atoms with E-state index in [2.05, 4.69) is 46.0 Å². The molecule has 1 atom stereocenters. The molecule has 1 rings (SSSR count). The van der Waals surface area contributed by atoms with Crippen LogP contribution < -0.4 is 10.6 Å². The van der Waals surface area contributed by atoms with Crippen LogP contribution >= 0.6 is 15.9 Å². The summed E-state index contributed by atoms with van der Waals surface area (Å²) < 4.78 is 1.03. The fourth-order valence-corrected chi connectivity index (χ4v) is 2.46. The molecule has 1 aromatic carbocycles. The molecule has 0 saturated carbocycles. The third-order valence-electron chi connectivity index (χ3n) is 2.71. The first kappa shape index (κ1) is 14.0. The van der Waals surface area contributed by atoms with E-state index in [1.54, 1.807) is 0 Å². The fraction of sp³-hybridized carbons (Fsp3) is 0.462. The monoisotopic (exact) mass is 295 g/mol. The van der Waals surface area contributed by atoms with Crippen LogP contribution in [0.3, 0.4) is 0 Å². The van der Waals surface area contributed by atoms with Crippen molar-refractivity contribution in [1.82, 2.24) is 0 Å². The highest BCUT2D eigenvalue weighted by Crippen LogP contribution is 2.27. The summed E-state index contributed by atoms with van der Waals surface area (Å²) in [5.41, 5.74) is 8.09. The highest BCUT2D eigenvalue weighted by molar-refractivity contribution is 9.10. The zero-order valence-electron chi connectivity index (χ0n) is 10.3. The van der Waals surface area contributed by atoms with Crippen LogP contribution in [0.15, 0.2) is 22.7 Å². The maximum absolute atomic E-state index is 8.63. The van der Waals surface area contributed by atoms with Gasteiger partial charge in [-0.2, -0.15) is 5.26 Å². The van der Waals surface area contributed by atoms with Crippen molar-refractivity contribution in [1.29, 1.82) is 5.26 Å². The van der Waals surface area contributed by atoms with Crippen LogP contribution in [-0.4, -0.2) is 13.1 Å². The second kappa shape index (κ2) is 6.63. The molecule has 0 heterocycles. The predicted molar refractivity (Wildman–Crippen MR) is 74.9 cm³/mol. The van der Waals surface area contributed by atoms with Gasteiger partial charge in [0.1, 0.15) is 0 Å². The number of nitrogens with zero attached hydrogens (tertiary/aromatic N) is 2. The van der Waals surface area contributed by atoms with Gasteiger partial charge in [0.05, 0.1) is 12.5 Å². The fourth-order valence-electron chi connectivity index (χ4n) is 1.74. The van der Waals surface area contributed by atoms with E-state index < -0.39 is 0 Å². The highest BCUT2D eigenvalue weighted by atomic mass is 79.9. The maximum atomic E-state index is 8.63. The molecule has 0 spiro atoms. The van der Waals surface area contributed by atoms with Crippen molar-refractivity contribution in [2.45, 2.75) is 26.3 Å². The molecule has 0 radical (unpaired) electrons. The lowest BCUT2D eigenvalue weighted by atomic mass is 10.1. The Balaban J connectivity index is 2.91. The summed E-state index contributed by atoms with van der Waals surface area (Å²) in [5.74, 6) is 0. The van der Waals surface area contributed by atoms with Crippen LogP contribution in [0.2, 0.25) is 0 Å². The number of nitrogens with two attached hydrogens (primary N) is 1. The summed E-state index contributed by atoms with van der Waals surface area (Å²) in [5, 5.41) is 8.63. The van der Waals surface area contributed by atoms with E-state index in [1.165, 1.54) is 0 Å². The molecule has 0 fully saturated rings. The van der Waals surface area contributed by atoms with Crippen molar-refractivity contribution >= 4 is 21.6 Å². The van der Waals surface area contributed by atoms with Crippen LogP contribution in [0.25, 0.3) is 0 Å². The SMILES string of the molecule is CCN(CCC#N)c1ccc(C(C)N)c(Br)c1. The molecule has 0 amide bonds. The molecule has 17 heavy (non-hydrogen) atoms. The summed E-state index contributed by atoms with van der Waals surface area (Å²) in [4.78, 5) is 2.18. The molecule has 0 saturated heterocycles. The third-order valence-corrected chi connectivity index (χ3v) is 3.40. The molecule has 2 N–H and O–H groups in total. The molecule has 92 valence electrons. The molecule has 3 nitrogen and oxygen atoms in total. The molecular weight excluding hydrogens is 278 g/mol. The van der Waals surface area contributed by atoms with Gasteiger partial charge < -0.3 is 10.6 Å².